The number of ether oxygens (including phenoxy) is 1. The lowest BCUT2D eigenvalue weighted by Crippen LogP contribution is -2.38. The molecule has 0 saturated heterocycles. The average molecular weight is 269 g/mol. The molecule has 1 amide bonds. The number of nitrogens with one attached hydrogen (secondary N) is 1. The van der Waals surface area contributed by atoms with Crippen LogP contribution in [0.3, 0.4) is 0 Å². The van der Waals surface area contributed by atoms with Crippen molar-refractivity contribution in [2.75, 3.05) is 6.61 Å². The first kappa shape index (κ1) is 15.5. The second kappa shape index (κ2) is 8.56. The van der Waals surface area contributed by atoms with Gasteiger partial charge in [-0.25, -0.2) is 4.79 Å². The normalized spacial score (nSPS) is 17.5. The van der Waals surface area contributed by atoms with Gasteiger partial charge in [0.25, 0.3) is 0 Å². The summed E-state index contributed by atoms with van der Waals surface area (Å²) in [6.45, 7) is 3.59. The Morgan fingerprint density at radius 1 is 1.37 bits per heavy atom. The molecule has 1 atom stereocenters. The van der Waals surface area contributed by atoms with Crippen molar-refractivity contribution in [3.63, 3.8) is 0 Å². The molecule has 1 aliphatic carbocycles. The molecule has 0 radical (unpaired) electrons. The first-order chi connectivity index (χ1) is 9.11. The fourth-order valence-corrected chi connectivity index (χ4v) is 2.57. The molecule has 2 N–H and O–H groups in total. The lowest BCUT2D eigenvalue weighted by atomic mass is 9.84. The minimum Gasteiger partial charge on any atom is -0.481 e. The molecule has 0 aromatic carbocycles. The zero-order valence-electron chi connectivity index (χ0n) is 11.3. The van der Waals surface area contributed by atoms with Crippen LogP contribution in [0, 0.1) is 5.92 Å². The predicted molar refractivity (Wildman–Crippen MR) is 71.9 cm³/mol. The Morgan fingerprint density at radius 3 is 2.63 bits per heavy atom. The zero-order valence-corrected chi connectivity index (χ0v) is 11.3. The van der Waals surface area contributed by atoms with E-state index in [1.807, 2.05) is 0 Å². The fraction of sp³-hybridized carbons (Fsp3) is 0.714. The third-order valence-electron chi connectivity index (χ3n) is 3.42. The molecule has 0 aliphatic heterocycles. The Kier molecular flexibility index (Phi) is 7.00. The van der Waals surface area contributed by atoms with Gasteiger partial charge in [-0.2, -0.15) is 0 Å². The molecular formula is C14H23NO4. The topological polar surface area (TPSA) is 75.6 Å². The highest BCUT2D eigenvalue weighted by molar-refractivity contribution is 5.71. The number of amides is 1. The van der Waals surface area contributed by atoms with Crippen molar-refractivity contribution < 1.29 is 19.4 Å². The van der Waals surface area contributed by atoms with E-state index in [1.54, 1.807) is 0 Å². The van der Waals surface area contributed by atoms with Gasteiger partial charge in [0, 0.05) is 6.04 Å². The van der Waals surface area contributed by atoms with Gasteiger partial charge < -0.3 is 15.2 Å². The van der Waals surface area contributed by atoms with Crippen LogP contribution in [0.4, 0.5) is 4.79 Å². The molecule has 1 rings (SSSR count). The van der Waals surface area contributed by atoms with E-state index in [0.717, 1.165) is 19.3 Å². The minimum absolute atomic E-state index is 0.0559. The van der Waals surface area contributed by atoms with Crippen molar-refractivity contribution in [2.45, 2.75) is 51.0 Å². The second-order valence-corrected chi connectivity index (χ2v) is 5.07. The van der Waals surface area contributed by atoms with Crippen LogP contribution in [-0.4, -0.2) is 29.8 Å². The highest BCUT2D eigenvalue weighted by Gasteiger charge is 2.22. The summed E-state index contributed by atoms with van der Waals surface area (Å²) >= 11 is 0. The van der Waals surface area contributed by atoms with Crippen molar-refractivity contribution in [3.05, 3.63) is 12.7 Å². The van der Waals surface area contributed by atoms with Gasteiger partial charge in [-0.3, -0.25) is 4.79 Å². The molecule has 0 spiro atoms. The second-order valence-electron chi connectivity index (χ2n) is 5.07. The third kappa shape index (κ3) is 6.84. The van der Waals surface area contributed by atoms with E-state index in [-0.39, 0.29) is 19.1 Å². The molecule has 1 aliphatic rings. The molecule has 5 nitrogen and oxygen atoms in total. The van der Waals surface area contributed by atoms with Gasteiger partial charge in [0.15, 0.2) is 0 Å². The van der Waals surface area contributed by atoms with Gasteiger partial charge in [0.05, 0.1) is 6.42 Å². The maximum atomic E-state index is 11.5. The molecule has 1 fully saturated rings. The monoisotopic (exact) mass is 269 g/mol. The van der Waals surface area contributed by atoms with Crippen molar-refractivity contribution in [3.8, 4) is 0 Å². The van der Waals surface area contributed by atoms with Crippen LogP contribution in [0.15, 0.2) is 12.7 Å². The van der Waals surface area contributed by atoms with Crippen molar-refractivity contribution in [1.82, 2.24) is 5.32 Å². The molecule has 0 heterocycles. The number of hydrogen-bond acceptors (Lipinski definition) is 3. The summed E-state index contributed by atoms with van der Waals surface area (Å²) in [5, 5.41) is 11.5. The quantitative estimate of drug-likeness (QED) is 0.697. The standard InChI is InChI=1S/C14H23NO4/c1-2-8-19-14(18)15-12(10-13(16)17)9-11-6-4-3-5-7-11/h2,11-12H,1,3-10H2,(H,15,18)(H,16,17)/t12-/m1/s1. The van der Waals surface area contributed by atoms with Crippen LogP contribution >= 0.6 is 0 Å². The zero-order chi connectivity index (χ0) is 14.1. The van der Waals surface area contributed by atoms with E-state index in [9.17, 15) is 9.59 Å². The highest BCUT2D eigenvalue weighted by Crippen LogP contribution is 2.27. The number of carbonyl (C=O) groups is 2. The van der Waals surface area contributed by atoms with Crippen molar-refractivity contribution in [2.24, 2.45) is 5.92 Å². The van der Waals surface area contributed by atoms with Crippen LogP contribution in [0.25, 0.3) is 0 Å². The number of carboxylic acid groups (broad SMARTS) is 1. The van der Waals surface area contributed by atoms with Crippen LogP contribution in [0.5, 0.6) is 0 Å². The fourth-order valence-electron chi connectivity index (χ4n) is 2.57. The number of rotatable bonds is 7. The van der Waals surface area contributed by atoms with Gasteiger partial charge in [0.2, 0.25) is 0 Å². The molecule has 0 unspecified atom stereocenters. The first-order valence-electron chi connectivity index (χ1n) is 6.87. The summed E-state index contributed by atoms with van der Waals surface area (Å²) in [6.07, 6.45) is 7.48. The number of carbonyl (C=O) groups excluding carboxylic acids is 1. The van der Waals surface area contributed by atoms with Crippen LogP contribution in [0.1, 0.15) is 44.9 Å². The Labute approximate surface area is 114 Å². The highest BCUT2D eigenvalue weighted by atomic mass is 16.5. The van der Waals surface area contributed by atoms with Crippen LogP contribution in [0.2, 0.25) is 0 Å². The number of aliphatic carboxylic acids is 1. The summed E-state index contributed by atoms with van der Waals surface area (Å²) in [5.74, 6) is -0.386. The van der Waals surface area contributed by atoms with Crippen molar-refractivity contribution in [1.29, 1.82) is 0 Å². The lowest BCUT2D eigenvalue weighted by molar-refractivity contribution is -0.137. The van der Waals surface area contributed by atoms with E-state index < -0.39 is 12.1 Å². The maximum absolute atomic E-state index is 11.5. The van der Waals surface area contributed by atoms with Gasteiger partial charge in [-0.1, -0.05) is 44.8 Å². The van der Waals surface area contributed by atoms with Crippen LogP contribution in [-0.2, 0) is 9.53 Å². The summed E-state index contributed by atoms with van der Waals surface area (Å²) in [6, 6.07) is -0.349. The molecule has 0 aromatic rings. The van der Waals surface area contributed by atoms with Crippen LogP contribution < -0.4 is 5.32 Å². The summed E-state index contributed by atoms with van der Waals surface area (Å²) in [7, 11) is 0. The molecule has 1 saturated carbocycles. The van der Waals surface area contributed by atoms with Gasteiger partial charge in [-0.15, -0.1) is 0 Å². The SMILES string of the molecule is C=CCOC(=O)N[C@@H](CC(=O)O)CC1CCCCC1. The Morgan fingerprint density at radius 2 is 2.05 bits per heavy atom. The Hall–Kier alpha value is -1.52. The van der Waals surface area contributed by atoms with E-state index in [1.165, 1.54) is 25.3 Å². The summed E-state index contributed by atoms with van der Waals surface area (Å²) in [4.78, 5) is 22.3. The first-order valence-corrected chi connectivity index (χ1v) is 6.87. The van der Waals surface area contributed by atoms with E-state index >= 15 is 0 Å². The molecule has 0 bridgehead atoms. The molecule has 108 valence electrons. The smallest absolute Gasteiger partial charge is 0.407 e. The maximum Gasteiger partial charge on any atom is 0.407 e. The van der Waals surface area contributed by atoms with Gasteiger partial charge >= 0.3 is 12.1 Å². The molecule has 5 heteroatoms. The average Bonchev–Trinajstić information content (AvgIpc) is 2.36. The minimum atomic E-state index is -0.898. The van der Waals surface area contributed by atoms with Gasteiger partial charge in [-0.05, 0) is 12.3 Å². The molecule has 19 heavy (non-hydrogen) atoms. The van der Waals surface area contributed by atoms with E-state index in [2.05, 4.69) is 11.9 Å². The number of alkyl carbamates (subject to hydrolysis) is 1. The Bertz CT molecular complexity index is 311. The van der Waals surface area contributed by atoms with Gasteiger partial charge in [0.1, 0.15) is 6.61 Å². The summed E-state index contributed by atoms with van der Waals surface area (Å²) < 4.78 is 4.83. The lowest BCUT2D eigenvalue weighted by Gasteiger charge is -2.26. The number of hydrogen-bond donors (Lipinski definition) is 2. The van der Waals surface area contributed by atoms with E-state index in [4.69, 9.17) is 9.84 Å². The third-order valence-corrected chi connectivity index (χ3v) is 3.42. The number of carboxylic acids is 1. The van der Waals surface area contributed by atoms with Crippen molar-refractivity contribution >= 4 is 12.1 Å². The molecule has 0 aromatic heterocycles. The largest absolute Gasteiger partial charge is 0.481 e. The predicted octanol–water partition coefficient (Wildman–Crippen LogP) is 2.71. The molecular weight excluding hydrogens is 246 g/mol. The summed E-state index contributed by atoms with van der Waals surface area (Å²) in [5.41, 5.74) is 0. The van der Waals surface area contributed by atoms with E-state index in [0.29, 0.717) is 5.92 Å². The Balaban J connectivity index is 2.42.